The number of rotatable bonds is 4. The highest BCUT2D eigenvalue weighted by atomic mass is 16.1. The third kappa shape index (κ3) is 3.94. The Morgan fingerprint density at radius 2 is 2.09 bits per heavy atom. The average molecular weight is 155 g/mol. The van der Waals surface area contributed by atoms with Crippen LogP contribution in [-0.4, -0.2) is 18.9 Å². The summed E-state index contributed by atoms with van der Waals surface area (Å²) in [5.41, 5.74) is -0.00917. The highest BCUT2D eigenvalue weighted by molar-refractivity contribution is 5.58. The fraction of sp³-hybridized carbons (Fsp3) is 0.667. The first-order valence-corrected chi connectivity index (χ1v) is 3.82. The van der Waals surface area contributed by atoms with Crippen LogP contribution in [0.25, 0.3) is 0 Å². The standard InChI is InChI=1S/C9H17NO/c1-5-6-10-8(7-11)9(2,3)4/h5,7-8,10H,1,6H2,2-4H3/t8-/m1/s1. The molecule has 0 unspecified atom stereocenters. The summed E-state index contributed by atoms with van der Waals surface area (Å²) in [6.07, 6.45) is 2.70. The van der Waals surface area contributed by atoms with Gasteiger partial charge in [-0.05, 0) is 5.41 Å². The van der Waals surface area contributed by atoms with Crippen molar-refractivity contribution in [2.75, 3.05) is 6.54 Å². The van der Waals surface area contributed by atoms with E-state index < -0.39 is 0 Å². The molecule has 0 fully saturated rings. The Hall–Kier alpha value is -0.630. The van der Waals surface area contributed by atoms with Crippen molar-refractivity contribution in [2.45, 2.75) is 26.8 Å². The monoisotopic (exact) mass is 155 g/mol. The molecule has 0 spiro atoms. The molecule has 0 amide bonds. The van der Waals surface area contributed by atoms with Gasteiger partial charge in [-0.3, -0.25) is 0 Å². The van der Waals surface area contributed by atoms with E-state index in [9.17, 15) is 4.79 Å². The number of aldehydes is 1. The highest BCUT2D eigenvalue weighted by Crippen LogP contribution is 2.17. The third-order valence-electron chi connectivity index (χ3n) is 1.55. The summed E-state index contributed by atoms with van der Waals surface area (Å²) in [5, 5.41) is 3.07. The molecule has 0 rings (SSSR count). The normalized spacial score (nSPS) is 14.1. The zero-order valence-corrected chi connectivity index (χ0v) is 7.55. The number of hydrogen-bond acceptors (Lipinski definition) is 2. The molecule has 0 aromatic rings. The molecule has 0 bridgehead atoms. The van der Waals surface area contributed by atoms with Crippen LogP contribution in [0.15, 0.2) is 12.7 Å². The van der Waals surface area contributed by atoms with Gasteiger partial charge in [-0.1, -0.05) is 26.8 Å². The van der Waals surface area contributed by atoms with Gasteiger partial charge in [0.15, 0.2) is 0 Å². The lowest BCUT2D eigenvalue weighted by Gasteiger charge is -2.26. The van der Waals surface area contributed by atoms with Gasteiger partial charge in [0.2, 0.25) is 0 Å². The SMILES string of the molecule is C=CCN[C@H](C=O)C(C)(C)C. The summed E-state index contributed by atoms with van der Waals surface area (Å²) in [7, 11) is 0. The lowest BCUT2D eigenvalue weighted by atomic mass is 9.88. The molecule has 0 aliphatic heterocycles. The molecule has 11 heavy (non-hydrogen) atoms. The molecule has 0 aliphatic carbocycles. The molecule has 0 aromatic heterocycles. The zero-order chi connectivity index (χ0) is 8.91. The van der Waals surface area contributed by atoms with Crippen LogP contribution in [0.1, 0.15) is 20.8 Å². The second-order valence-corrected chi connectivity index (χ2v) is 3.68. The maximum Gasteiger partial charge on any atom is 0.137 e. The molecule has 0 radical (unpaired) electrons. The van der Waals surface area contributed by atoms with Crippen LogP contribution in [0.3, 0.4) is 0 Å². The van der Waals surface area contributed by atoms with Crippen LogP contribution in [0.4, 0.5) is 0 Å². The van der Waals surface area contributed by atoms with Crippen LogP contribution in [0, 0.1) is 5.41 Å². The third-order valence-corrected chi connectivity index (χ3v) is 1.55. The second kappa shape index (κ2) is 4.29. The van der Waals surface area contributed by atoms with Crippen molar-refractivity contribution < 1.29 is 4.79 Å². The molecule has 2 heteroatoms. The molecule has 1 N–H and O–H groups in total. The minimum absolute atomic E-state index is 0.00917. The van der Waals surface area contributed by atoms with Gasteiger partial charge in [-0.25, -0.2) is 0 Å². The van der Waals surface area contributed by atoms with Crippen molar-refractivity contribution in [2.24, 2.45) is 5.41 Å². The van der Waals surface area contributed by atoms with Gasteiger partial charge < -0.3 is 10.1 Å². The topological polar surface area (TPSA) is 29.1 Å². The Labute approximate surface area is 68.7 Å². The van der Waals surface area contributed by atoms with Crippen LogP contribution in [0.5, 0.6) is 0 Å². The summed E-state index contributed by atoms with van der Waals surface area (Å²) < 4.78 is 0. The fourth-order valence-corrected chi connectivity index (χ4v) is 0.769. The van der Waals surface area contributed by atoms with Gasteiger partial charge in [-0.2, -0.15) is 0 Å². The fourth-order valence-electron chi connectivity index (χ4n) is 0.769. The van der Waals surface area contributed by atoms with Crippen molar-refractivity contribution in [1.29, 1.82) is 0 Å². The highest BCUT2D eigenvalue weighted by Gasteiger charge is 2.22. The van der Waals surface area contributed by atoms with E-state index in [4.69, 9.17) is 0 Å². The average Bonchev–Trinajstić information content (AvgIpc) is 1.87. The second-order valence-electron chi connectivity index (χ2n) is 3.68. The van der Waals surface area contributed by atoms with E-state index in [0.29, 0.717) is 6.54 Å². The first-order chi connectivity index (χ1) is 5.02. The van der Waals surface area contributed by atoms with Gasteiger partial charge in [-0.15, -0.1) is 6.58 Å². The Kier molecular flexibility index (Phi) is 4.04. The molecule has 64 valence electrons. The smallest absolute Gasteiger partial charge is 0.137 e. The first-order valence-electron chi connectivity index (χ1n) is 3.82. The molecular formula is C9H17NO. The molecule has 0 aliphatic rings. The lowest BCUT2D eigenvalue weighted by molar-refractivity contribution is -0.111. The number of carbonyl (C=O) groups is 1. The minimum Gasteiger partial charge on any atom is -0.304 e. The molecule has 1 atom stereocenters. The van der Waals surface area contributed by atoms with Crippen molar-refractivity contribution in [3.8, 4) is 0 Å². The van der Waals surface area contributed by atoms with Gasteiger partial charge in [0.25, 0.3) is 0 Å². The maximum atomic E-state index is 10.6. The number of nitrogens with one attached hydrogen (secondary N) is 1. The molecule has 0 heterocycles. The predicted octanol–water partition coefficient (Wildman–Crippen LogP) is 1.38. The van der Waals surface area contributed by atoms with E-state index >= 15 is 0 Å². The van der Waals surface area contributed by atoms with E-state index in [0.717, 1.165) is 6.29 Å². The van der Waals surface area contributed by atoms with Crippen molar-refractivity contribution in [3.63, 3.8) is 0 Å². The van der Waals surface area contributed by atoms with Crippen LogP contribution < -0.4 is 5.32 Å². The number of carbonyl (C=O) groups excluding carboxylic acids is 1. The van der Waals surface area contributed by atoms with Crippen LogP contribution in [-0.2, 0) is 4.79 Å². The van der Waals surface area contributed by atoms with E-state index in [1.54, 1.807) is 6.08 Å². The summed E-state index contributed by atoms with van der Waals surface area (Å²) in [6, 6.07) is -0.0829. The van der Waals surface area contributed by atoms with Crippen LogP contribution >= 0.6 is 0 Å². The molecule has 0 saturated heterocycles. The minimum atomic E-state index is -0.0829. The number of hydrogen-bond donors (Lipinski definition) is 1. The molecule has 2 nitrogen and oxygen atoms in total. The molecule has 0 aromatic carbocycles. The van der Waals surface area contributed by atoms with Crippen LogP contribution in [0.2, 0.25) is 0 Å². The van der Waals surface area contributed by atoms with Gasteiger partial charge in [0.1, 0.15) is 6.29 Å². The predicted molar refractivity (Wildman–Crippen MR) is 47.5 cm³/mol. The summed E-state index contributed by atoms with van der Waals surface area (Å²) in [5.74, 6) is 0. The summed E-state index contributed by atoms with van der Waals surface area (Å²) in [4.78, 5) is 10.6. The largest absolute Gasteiger partial charge is 0.304 e. The van der Waals surface area contributed by atoms with Crippen molar-refractivity contribution >= 4 is 6.29 Å². The van der Waals surface area contributed by atoms with Gasteiger partial charge in [0.05, 0.1) is 6.04 Å². The van der Waals surface area contributed by atoms with E-state index in [1.165, 1.54) is 0 Å². The molecular weight excluding hydrogens is 138 g/mol. The van der Waals surface area contributed by atoms with Gasteiger partial charge >= 0.3 is 0 Å². The van der Waals surface area contributed by atoms with E-state index in [1.807, 2.05) is 20.8 Å². The lowest BCUT2D eigenvalue weighted by Crippen LogP contribution is -2.41. The Morgan fingerprint density at radius 3 is 2.36 bits per heavy atom. The molecule has 0 saturated carbocycles. The van der Waals surface area contributed by atoms with E-state index in [-0.39, 0.29) is 11.5 Å². The zero-order valence-electron chi connectivity index (χ0n) is 7.55. The Bertz CT molecular complexity index is 135. The van der Waals surface area contributed by atoms with Crippen molar-refractivity contribution in [1.82, 2.24) is 5.32 Å². The summed E-state index contributed by atoms with van der Waals surface area (Å²) in [6.45, 7) is 10.3. The quantitative estimate of drug-likeness (QED) is 0.491. The van der Waals surface area contributed by atoms with Crippen molar-refractivity contribution in [3.05, 3.63) is 12.7 Å². The van der Waals surface area contributed by atoms with E-state index in [2.05, 4.69) is 11.9 Å². The Morgan fingerprint density at radius 1 is 1.55 bits per heavy atom. The summed E-state index contributed by atoms with van der Waals surface area (Å²) >= 11 is 0. The maximum absolute atomic E-state index is 10.6. The first kappa shape index (κ1) is 10.4. The Balaban J connectivity index is 3.95. The van der Waals surface area contributed by atoms with Gasteiger partial charge in [0, 0.05) is 6.54 Å².